The SMILES string of the molecule is COc1ccc2nccc(C(=O)CCC3CCN(CCSc4ncccc4F)CC3C(=O)O)c2c1. The average molecular weight is 498 g/mol. The molecular weight excluding hydrogens is 469 g/mol. The summed E-state index contributed by atoms with van der Waals surface area (Å²) in [6.45, 7) is 1.83. The van der Waals surface area contributed by atoms with E-state index in [4.69, 9.17) is 4.74 Å². The highest BCUT2D eigenvalue weighted by Gasteiger charge is 2.34. The molecule has 9 heteroatoms. The smallest absolute Gasteiger partial charge is 0.308 e. The zero-order valence-electron chi connectivity index (χ0n) is 19.5. The van der Waals surface area contributed by atoms with Crippen molar-refractivity contribution in [2.75, 3.05) is 32.5 Å². The number of methoxy groups -OCH3 is 1. The van der Waals surface area contributed by atoms with Crippen molar-refractivity contribution >= 4 is 34.4 Å². The van der Waals surface area contributed by atoms with Crippen molar-refractivity contribution in [1.29, 1.82) is 0 Å². The molecule has 4 rings (SSSR count). The van der Waals surface area contributed by atoms with E-state index >= 15 is 0 Å². The third-order valence-corrected chi connectivity index (χ3v) is 7.48. The number of carbonyl (C=O) groups excluding carboxylic acids is 1. The maximum atomic E-state index is 13.8. The number of rotatable bonds is 10. The van der Waals surface area contributed by atoms with Gasteiger partial charge in [0.05, 0.1) is 18.5 Å². The Morgan fingerprint density at radius 3 is 2.86 bits per heavy atom. The van der Waals surface area contributed by atoms with Crippen molar-refractivity contribution in [1.82, 2.24) is 14.9 Å². The lowest BCUT2D eigenvalue weighted by molar-refractivity contribution is -0.146. The van der Waals surface area contributed by atoms with Crippen molar-refractivity contribution in [3.63, 3.8) is 0 Å². The standard InChI is InChI=1S/C26H28FN3O4S/c1-34-18-5-6-23-20(15-18)19(8-11-28-23)24(31)7-4-17-9-12-30(16-21(17)26(32)33)13-14-35-25-22(27)3-2-10-29-25/h2-3,5-6,8,10-11,15,17,21H,4,7,9,12-14,16H2,1H3,(H,32,33). The molecule has 0 aliphatic carbocycles. The first-order chi connectivity index (χ1) is 17.0. The molecule has 0 spiro atoms. The number of nitrogens with zero attached hydrogens (tertiary/aromatic N) is 3. The van der Waals surface area contributed by atoms with Crippen LogP contribution in [0.5, 0.6) is 5.75 Å². The van der Waals surface area contributed by atoms with Gasteiger partial charge in [0.25, 0.3) is 0 Å². The highest BCUT2D eigenvalue weighted by molar-refractivity contribution is 7.99. The molecule has 7 nitrogen and oxygen atoms in total. The Balaban J connectivity index is 1.34. The molecule has 3 aromatic rings. The van der Waals surface area contributed by atoms with E-state index in [2.05, 4.69) is 14.9 Å². The maximum Gasteiger partial charge on any atom is 0.308 e. The molecule has 2 unspecified atom stereocenters. The van der Waals surface area contributed by atoms with Crippen molar-refractivity contribution < 1.29 is 23.8 Å². The predicted octanol–water partition coefficient (Wildman–Crippen LogP) is 4.56. The number of aromatic nitrogens is 2. The third-order valence-electron chi connectivity index (χ3n) is 6.52. The van der Waals surface area contributed by atoms with E-state index in [1.807, 2.05) is 12.1 Å². The lowest BCUT2D eigenvalue weighted by Gasteiger charge is -2.36. The monoisotopic (exact) mass is 497 g/mol. The second kappa shape index (κ2) is 11.6. The number of thioether (sulfide) groups is 1. The van der Waals surface area contributed by atoms with E-state index in [9.17, 15) is 19.1 Å². The highest BCUT2D eigenvalue weighted by Crippen LogP contribution is 2.30. The molecule has 35 heavy (non-hydrogen) atoms. The van der Waals surface area contributed by atoms with Crippen LogP contribution in [-0.4, -0.2) is 64.2 Å². The Labute approximate surface area is 207 Å². The van der Waals surface area contributed by atoms with Crippen LogP contribution in [0.15, 0.2) is 53.8 Å². The zero-order valence-corrected chi connectivity index (χ0v) is 20.3. The van der Waals surface area contributed by atoms with Gasteiger partial charge in [-0.2, -0.15) is 0 Å². The first-order valence-electron chi connectivity index (χ1n) is 11.6. The number of Topliss-reactive ketones (excluding diaryl/α,β-unsaturated/α-hetero) is 1. The largest absolute Gasteiger partial charge is 0.497 e. The molecule has 184 valence electrons. The van der Waals surface area contributed by atoms with Gasteiger partial charge in [-0.25, -0.2) is 9.37 Å². The number of carboxylic acids is 1. The molecule has 1 N–H and O–H groups in total. The molecule has 3 heterocycles. The quantitative estimate of drug-likeness (QED) is 0.322. The fourth-order valence-electron chi connectivity index (χ4n) is 4.59. The molecular formula is C26H28FN3O4S. The summed E-state index contributed by atoms with van der Waals surface area (Å²) in [6, 6.07) is 10.1. The number of halogens is 1. The van der Waals surface area contributed by atoms with Gasteiger partial charge in [-0.15, -0.1) is 11.8 Å². The second-order valence-electron chi connectivity index (χ2n) is 8.64. The predicted molar refractivity (Wildman–Crippen MR) is 132 cm³/mol. The van der Waals surface area contributed by atoms with Crippen LogP contribution in [0.3, 0.4) is 0 Å². The number of aliphatic carboxylic acids is 1. The van der Waals surface area contributed by atoms with Crippen molar-refractivity contribution in [3.8, 4) is 5.75 Å². The molecule has 0 radical (unpaired) electrons. The number of likely N-dealkylation sites (tertiary alicyclic amines) is 1. The van der Waals surface area contributed by atoms with Crippen LogP contribution in [0.1, 0.15) is 29.6 Å². The number of carbonyl (C=O) groups is 2. The Morgan fingerprint density at radius 1 is 1.23 bits per heavy atom. The molecule has 0 saturated carbocycles. The molecule has 1 fully saturated rings. The summed E-state index contributed by atoms with van der Waals surface area (Å²) in [5.41, 5.74) is 1.30. The van der Waals surface area contributed by atoms with E-state index in [1.54, 1.807) is 37.7 Å². The Bertz CT molecular complexity index is 1210. The first-order valence-corrected chi connectivity index (χ1v) is 12.6. The number of benzene rings is 1. The van der Waals surface area contributed by atoms with Gasteiger partial charge in [-0.05, 0) is 61.7 Å². The normalized spacial score (nSPS) is 18.5. The van der Waals surface area contributed by atoms with E-state index in [1.165, 1.54) is 17.8 Å². The second-order valence-corrected chi connectivity index (χ2v) is 9.72. The number of piperidine rings is 1. The van der Waals surface area contributed by atoms with E-state index in [-0.39, 0.29) is 23.9 Å². The minimum atomic E-state index is -0.838. The van der Waals surface area contributed by atoms with Crippen molar-refractivity contribution in [2.45, 2.75) is 24.3 Å². The lowest BCUT2D eigenvalue weighted by atomic mass is 9.81. The number of ether oxygens (including phenoxy) is 1. The van der Waals surface area contributed by atoms with Crippen LogP contribution in [0.4, 0.5) is 4.39 Å². The fourth-order valence-corrected chi connectivity index (χ4v) is 5.48. The zero-order chi connectivity index (χ0) is 24.8. The molecule has 0 amide bonds. The number of fused-ring (bicyclic) bond motifs is 1. The van der Waals surface area contributed by atoms with Gasteiger partial charge >= 0.3 is 5.97 Å². The van der Waals surface area contributed by atoms with Crippen LogP contribution in [0.2, 0.25) is 0 Å². The summed E-state index contributed by atoms with van der Waals surface area (Å²) in [4.78, 5) is 35.6. The number of hydrogen-bond acceptors (Lipinski definition) is 7. The van der Waals surface area contributed by atoms with Gasteiger partial charge in [-0.3, -0.25) is 14.6 Å². The van der Waals surface area contributed by atoms with Gasteiger partial charge in [0.2, 0.25) is 0 Å². The van der Waals surface area contributed by atoms with Gasteiger partial charge < -0.3 is 14.7 Å². The van der Waals surface area contributed by atoms with E-state index in [0.717, 1.165) is 17.4 Å². The summed E-state index contributed by atoms with van der Waals surface area (Å²) >= 11 is 1.33. The molecule has 2 aromatic heterocycles. The van der Waals surface area contributed by atoms with Crippen molar-refractivity contribution in [3.05, 3.63) is 60.2 Å². The van der Waals surface area contributed by atoms with Gasteiger partial charge in [0.15, 0.2) is 11.6 Å². The summed E-state index contributed by atoms with van der Waals surface area (Å²) < 4.78 is 19.0. The van der Waals surface area contributed by atoms with E-state index in [0.29, 0.717) is 48.0 Å². The molecule has 2 atom stereocenters. The lowest BCUT2D eigenvalue weighted by Crippen LogP contribution is -2.44. The summed E-state index contributed by atoms with van der Waals surface area (Å²) in [7, 11) is 1.58. The number of ketones is 1. The molecule has 1 aliphatic rings. The minimum absolute atomic E-state index is 0.0222. The summed E-state index contributed by atoms with van der Waals surface area (Å²) in [5.74, 6) is -0.534. The Hall–Kier alpha value is -3.04. The molecule has 0 bridgehead atoms. The molecule has 1 aromatic carbocycles. The summed E-state index contributed by atoms with van der Waals surface area (Å²) in [6.07, 6.45) is 4.68. The molecule has 1 aliphatic heterocycles. The number of hydrogen-bond donors (Lipinski definition) is 1. The van der Waals surface area contributed by atoms with Crippen LogP contribution in [0.25, 0.3) is 10.9 Å². The Morgan fingerprint density at radius 2 is 2.09 bits per heavy atom. The van der Waals surface area contributed by atoms with E-state index < -0.39 is 11.9 Å². The Kier molecular flexibility index (Phi) is 8.30. The number of pyridine rings is 2. The van der Waals surface area contributed by atoms with Crippen LogP contribution < -0.4 is 4.74 Å². The van der Waals surface area contributed by atoms with Gasteiger partial charge in [-0.1, -0.05) is 0 Å². The van der Waals surface area contributed by atoms with Gasteiger partial charge in [0.1, 0.15) is 10.8 Å². The number of carboxylic acid groups (broad SMARTS) is 1. The topological polar surface area (TPSA) is 92.6 Å². The first kappa shape index (κ1) is 25.1. The van der Waals surface area contributed by atoms with Crippen LogP contribution in [-0.2, 0) is 4.79 Å². The van der Waals surface area contributed by atoms with Crippen molar-refractivity contribution in [2.24, 2.45) is 11.8 Å². The molecule has 1 saturated heterocycles. The fraction of sp³-hybridized carbons (Fsp3) is 0.385. The summed E-state index contributed by atoms with van der Waals surface area (Å²) in [5, 5.41) is 10.9. The highest BCUT2D eigenvalue weighted by atomic mass is 32.2. The average Bonchev–Trinajstić information content (AvgIpc) is 2.88. The van der Waals surface area contributed by atoms with Gasteiger partial charge in [0, 0.05) is 48.6 Å². The van der Waals surface area contributed by atoms with Crippen LogP contribution >= 0.6 is 11.8 Å². The third kappa shape index (κ3) is 6.15. The van der Waals surface area contributed by atoms with Crippen LogP contribution in [0, 0.1) is 17.7 Å². The maximum absolute atomic E-state index is 13.8. The minimum Gasteiger partial charge on any atom is -0.497 e.